The Hall–Kier alpha value is -4.58. The Morgan fingerprint density at radius 2 is 0.914 bits per heavy atom. The zero-order valence-corrected chi connectivity index (χ0v) is 19.4. The standard InChI is InChI=1S/C29H24O6/c1-20(30)33-26-11-3-21(4-12-26)19-22-5-13-27(14-6-22)34-29(31)35-28-17-9-24(10-18-28)23-7-15-25(32-2)16-8-23/h3-18H,19H2,1-2H3. The lowest BCUT2D eigenvalue weighted by atomic mass is 10.0. The van der Waals surface area contributed by atoms with E-state index in [1.165, 1.54) is 6.92 Å². The Balaban J connectivity index is 1.30. The molecule has 4 rings (SSSR count). The predicted octanol–water partition coefficient (Wildman–Crippen LogP) is 6.46. The number of hydrogen-bond acceptors (Lipinski definition) is 6. The van der Waals surface area contributed by atoms with Crippen molar-refractivity contribution in [2.24, 2.45) is 0 Å². The summed E-state index contributed by atoms with van der Waals surface area (Å²) in [5, 5.41) is 0. The first-order valence-electron chi connectivity index (χ1n) is 11.0. The number of ether oxygens (including phenoxy) is 4. The quantitative estimate of drug-likeness (QED) is 0.176. The third kappa shape index (κ3) is 6.71. The van der Waals surface area contributed by atoms with Gasteiger partial charge in [-0.15, -0.1) is 0 Å². The van der Waals surface area contributed by atoms with Crippen LogP contribution in [0.4, 0.5) is 4.79 Å². The summed E-state index contributed by atoms with van der Waals surface area (Å²) in [6, 6.07) is 29.4. The van der Waals surface area contributed by atoms with Crippen molar-refractivity contribution in [2.75, 3.05) is 7.11 Å². The molecular weight excluding hydrogens is 444 g/mol. The van der Waals surface area contributed by atoms with Crippen LogP contribution in [-0.4, -0.2) is 19.2 Å². The van der Waals surface area contributed by atoms with Crippen LogP contribution in [0.2, 0.25) is 0 Å². The van der Waals surface area contributed by atoms with Gasteiger partial charge < -0.3 is 18.9 Å². The molecule has 0 saturated heterocycles. The highest BCUT2D eigenvalue weighted by Gasteiger charge is 2.09. The van der Waals surface area contributed by atoms with Crippen LogP contribution in [0.3, 0.4) is 0 Å². The van der Waals surface area contributed by atoms with E-state index in [0.717, 1.165) is 28.0 Å². The van der Waals surface area contributed by atoms with E-state index >= 15 is 0 Å². The lowest BCUT2D eigenvalue weighted by Crippen LogP contribution is -2.13. The van der Waals surface area contributed by atoms with Crippen LogP contribution in [-0.2, 0) is 11.2 Å². The molecule has 0 aliphatic rings. The smallest absolute Gasteiger partial charge is 0.497 e. The molecule has 6 heteroatoms. The molecule has 0 bridgehead atoms. The van der Waals surface area contributed by atoms with E-state index in [4.69, 9.17) is 18.9 Å². The van der Waals surface area contributed by atoms with Gasteiger partial charge in [-0.05, 0) is 77.2 Å². The Kier molecular flexibility index (Phi) is 7.43. The van der Waals surface area contributed by atoms with Crippen LogP contribution in [0, 0.1) is 0 Å². The molecule has 0 heterocycles. The first-order valence-corrected chi connectivity index (χ1v) is 11.0. The molecule has 0 aliphatic carbocycles. The van der Waals surface area contributed by atoms with Crippen molar-refractivity contribution in [1.82, 2.24) is 0 Å². The second-order valence-corrected chi connectivity index (χ2v) is 7.77. The van der Waals surface area contributed by atoms with Gasteiger partial charge in [-0.1, -0.05) is 48.5 Å². The van der Waals surface area contributed by atoms with Gasteiger partial charge >= 0.3 is 12.1 Å². The summed E-state index contributed by atoms with van der Waals surface area (Å²) in [6.45, 7) is 1.37. The first-order chi connectivity index (χ1) is 17.0. The lowest BCUT2D eigenvalue weighted by molar-refractivity contribution is -0.131. The molecule has 4 aromatic rings. The molecule has 4 aromatic carbocycles. The van der Waals surface area contributed by atoms with E-state index < -0.39 is 6.16 Å². The Morgan fingerprint density at radius 3 is 1.31 bits per heavy atom. The van der Waals surface area contributed by atoms with Crippen molar-refractivity contribution in [3.8, 4) is 34.1 Å². The highest BCUT2D eigenvalue weighted by atomic mass is 16.7. The summed E-state index contributed by atoms with van der Waals surface area (Å²) >= 11 is 0. The molecule has 176 valence electrons. The molecule has 0 N–H and O–H groups in total. The van der Waals surface area contributed by atoms with Gasteiger partial charge in [0.15, 0.2) is 0 Å². The number of benzene rings is 4. The molecule has 0 atom stereocenters. The van der Waals surface area contributed by atoms with Crippen molar-refractivity contribution < 1.29 is 28.5 Å². The van der Waals surface area contributed by atoms with Crippen molar-refractivity contribution in [3.05, 3.63) is 108 Å². The zero-order chi connectivity index (χ0) is 24.6. The van der Waals surface area contributed by atoms with Crippen LogP contribution in [0.5, 0.6) is 23.0 Å². The summed E-state index contributed by atoms with van der Waals surface area (Å²) in [5.74, 6) is 1.73. The summed E-state index contributed by atoms with van der Waals surface area (Å²) in [6.07, 6.45) is -0.123. The van der Waals surface area contributed by atoms with Crippen LogP contribution < -0.4 is 18.9 Å². The molecule has 0 radical (unpaired) electrons. The second-order valence-electron chi connectivity index (χ2n) is 7.77. The fourth-order valence-corrected chi connectivity index (χ4v) is 3.46. The van der Waals surface area contributed by atoms with Gasteiger partial charge in [-0.2, -0.15) is 0 Å². The fourth-order valence-electron chi connectivity index (χ4n) is 3.46. The number of methoxy groups -OCH3 is 1. The molecule has 0 aliphatic heterocycles. The average Bonchev–Trinajstić information content (AvgIpc) is 2.87. The number of rotatable bonds is 7. The summed E-state index contributed by atoms with van der Waals surface area (Å²) in [5.41, 5.74) is 4.12. The molecular formula is C29H24O6. The molecule has 6 nitrogen and oxygen atoms in total. The van der Waals surface area contributed by atoms with Gasteiger partial charge in [0.05, 0.1) is 7.11 Å². The van der Waals surface area contributed by atoms with Gasteiger partial charge in [0.2, 0.25) is 0 Å². The summed E-state index contributed by atoms with van der Waals surface area (Å²) in [7, 11) is 1.63. The Labute approximate surface area is 203 Å². The number of carbonyl (C=O) groups excluding carboxylic acids is 2. The Morgan fingerprint density at radius 1 is 0.543 bits per heavy atom. The monoisotopic (exact) mass is 468 g/mol. The topological polar surface area (TPSA) is 71.1 Å². The Bertz CT molecular complexity index is 1280. The van der Waals surface area contributed by atoms with Gasteiger partial charge in [0.1, 0.15) is 23.0 Å². The van der Waals surface area contributed by atoms with Gasteiger partial charge in [0, 0.05) is 6.92 Å². The third-order valence-corrected chi connectivity index (χ3v) is 5.20. The van der Waals surface area contributed by atoms with Crippen LogP contribution >= 0.6 is 0 Å². The first kappa shape index (κ1) is 23.6. The number of hydrogen-bond donors (Lipinski definition) is 0. The maximum Gasteiger partial charge on any atom is 0.519 e. The average molecular weight is 469 g/mol. The minimum Gasteiger partial charge on any atom is -0.497 e. The fraction of sp³-hybridized carbons (Fsp3) is 0.103. The van der Waals surface area contributed by atoms with E-state index in [1.807, 2.05) is 60.7 Å². The number of carbonyl (C=O) groups is 2. The normalized spacial score (nSPS) is 10.3. The largest absolute Gasteiger partial charge is 0.519 e. The summed E-state index contributed by atoms with van der Waals surface area (Å²) in [4.78, 5) is 23.2. The molecule has 0 aromatic heterocycles. The van der Waals surface area contributed by atoms with E-state index in [0.29, 0.717) is 23.7 Å². The molecule has 0 saturated carbocycles. The van der Waals surface area contributed by atoms with Crippen molar-refractivity contribution in [2.45, 2.75) is 13.3 Å². The van der Waals surface area contributed by atoms with Crippen LogP contribution in [0.1, 0.15) is 18.1 Å². The van der Waals surface area contributed by atoms with Gasteiger partial charge in [-0.3, -0.25) is 4.79 Å². The van der Waals surface area contributed by atoms with E-state index in [9.17, 15) is 9.59 Å². The van der Waals surface area contributed by atoms with E-state index in [-0.39, 0.29) is 5.97 Å². The third-order valence-electron chi connectivity index (χ3n) is 5.20. The SMILES string of the molecule is COc1ccc(-c2ccc(OC(=O)Oc3ccc(Cc4ccc(OC(C)=O)cc4)cc3)cc2)cc1. The molecule has 0 spiro atoms. The number of esters is 1. The van der Waals surface area contributed by atoms with Gasteiger partial charge in [0.25, 0.3) is 0 Å². The molecule has 0 unspecified atom stereocenters. The highest BCUT2D eigenvalue weighted by Crippen LogP contribution is 2.25. The van der Waals surface area contributed by atoms with Crippen molar-refractivity contribution in [1.29, 1.82) is 0 Å². The zero-order valence-electron chi connectivity index (χ0n) is 19.4. The van der Waals surface area contributed by atoms with Crippen LogP contribution in [0.25, 0.3) is 11.1 Å². The predicted molar refractivity (Wildman–Crippen MR) is 132 cm³/mol. The van der Waals surface area contributed by atoms with E-state index in [2.05, 4.69) is 0 Å². The highest BCUT2D eigenvalue weighted by molar-refractivity contribution is 5.70. The van der Waals surface area contributed by atoms with Crippen molar-refractivity contribution in [3.63, 3.8) is 0 Å². The van der Waals surface area contributed by atoms with Crippen LogP contribution in [0.15, 0.2) is 97.1 Å². The molecule has 35 heavy (non-hydrogen) atoms. The second kappa shape index (κ2) is 11.0. The molecule has 0 amide bonds. The lowest BCUT2D eigenvalue weighted by Gasteiger charge is -2.08. The minimum atomic E-state index is -0.809. The van der Waals surface area contributed by atoms with Gasteiger partial charge in [-0.25, -0.2) is 4.79 Å². The maximum absolute atomic E-state index is 12.2. The van der Waals surface area contributed by atoms with E-state index in [1.54, 1.807) is 43.5 Å². The maximum atomic E-state index is 12.2. The molecule has 0 fully saturated rings. The minimum absolute atomic E-state index is 0.350. The van der Waals surface area contributed by atoms with Crippen molar-refractivity contribution >= 4 is 12.1 Å². The summed E-state index contributed by atoms with van der Waals surface area (Å²) < 4.78 is 20.8.